The van der Waals surface area contributed by atoms with E-state index in [9.17, 15) is 34.5 Å². The number of carboxylic acids is 1. The standard InChI is InChI=1S/C67H108O12/c1-4-7-10-13-16-19-22-25-28-29-30-31-34-35-38-41-44-47-50-53-59(68)75-56-58(77-60(69)54-51-48-45-42-39-36-32-26-23-20-17-14-11-8-5-2)57-76-67-65(63(72)62(71)64(79-67)66(73)74)78-61(70)55-52-49-46-43-40-37-33-27-24-21-18-15-12-9-6-3/h7,9-10,12,16,18-19,21,25,27-28,30-31,33,35,38,40,43,58,62-65,67,71-72H,4-6,8,11,13-15,17,20,22-24,26,29,32,34,36-37,39,41-42,44-57H2,1-3H3,(H,73,74)/b10-7-,12-9-,19-16-,21-18-,28-25-,31-30-,33-27-,38-35-,43-40-. The third-order valence-corrected chi connectivity index (χ3v) is 13.3. The third kappa shape index (κ3) is 43.8. The van der Waals surface area contributed by atoms with Crippen molar-refractivity contribution < 1.29 is 58.2 Å². The highest BCUT2D eigenvalue weighted by molar-refractivity contribution is 5.74. The van der Waals surface area contributed by atoms with E-state index in [0.717, 1.165) is 103 Å². The van der Waals surface area contributed by atoms with Gasteiger partial charge in [-0.25, -0.2) is 4.79 Å². The van der Waals surface area contributed by atoms with Gasteiger partial charge in [0.05, 0.1) is 6.61 Å². The Balaban J connectivity index is 2.73. The van der Waals surface area contributed by atoms with Crippen LogP contribution in [-0.4, -0.2) is 89.2 Å². The number of allylic oxidation sites excluding steroid dienone is 18. The first kappa shape index (κ1) is 72.4. The van der Waals surface area contributed by atoms with Crippen molar-refractivity contribution in [1.82, 2.24) is 0 Å². The number of hydrogen-bond donors (Lipinski definition) is 3. The predicted octanol–water partition coefficient (Wildman–Crippen LogP) is 16.2. The monoisotopic (exact) mass is 1100 g/mol. The molecule has 448 valence electrons. The molecule has 0 spiro atoms. The third-order valence-electron chi connectivity index (χ3n) is 13.3. The van der Waals surface area contributed by atoms with E-state index in [1.807, 2.05) is 0 Å². The molecule has 0 aliphatic carbocycles. The highest BCUT2D eigenvalue weighted by atomic mass is 16.7. The molecule has 1 fully saturated rings. The summed E-state index contributed by atoms with van der Waals surface area (Å²) in [5, 5.41) is 31.5. The zero-order chi connectivity index (χ0) is 57.5. The number of hydrogen-bond acceptors (Lipinski definition) is 11. The van der Waals surface area contributed by atoms with Crippen molar-refractivity contribution >= 4 is 23.9 Å². The molecule has 1 aliphatic heterocycles. The van der Waals surface area contributed by atoms with Crippen LogP contribution in [0.1, 0.15) is 239 Å². The fourth-order valence-corrected chi connectivity index (χ4v) is 8.68. The van der Waals surface area contributed by atoms with Gasteiger partial charge in [0.15, 0.2) is 24.6 Å². The summed E-state index contributed by atoms with van der Waals surface area (Å²) in [6.45, 7) is 5.72. The van der Waals surface area contributed by atoms with Crippen LogP contribution in [0.15, 0.2) is 109 Å². The fraction of sp³-hybridized carbons (Fsp3) is 0.672. The Labute approximate surface area is 478 Å². The molecule has 1 saturated heterocycles. The number of carbonyl (C=O) groups excluding carboxylic acids is 3. The summed E-state index contributed by atoms with van der Waals surface area (Å²) < 4.78 is 28.4. The summed E-state index contributed by atoms with van der Waals surface area (Å²) in [4.78, 5) is 51.2. The average Bonchev–Trinajstić information content (AvgIpc) is 3.46. The van der Waals surface area contributed by atoms with Crippen molar-refractivity contribution in [2.45, 2.75) is 276 Å². The van der Waals surface area contributed by atoms with Gasteiger partial charge in [0.25, 0.3) is 0 Å². The van der Waals surface area contributed by atoms with Crippen LogP contribution in [0, 0.1) is 0 Å². The second kappa shape index (κ2) is 54.0. The van der Waals surface area contributed by atoms with Crippen molar-refractivity contribution in [1.29, 1.82) is 0 Å². The molecule has 12 heteroatoms. The van der Waals surface area contributed by atoms with Crippen molar-refractivity contribution in [3.05, 3.63) is 109 Å². The van der Waals surface area contributed by atoms with Crippen LogP contribution in [0.3, 0.4) is 0 Å². The molecule has 3 N–H and O–H groups in total. The number of carbonyl (C=O) groups is 4. The van der Waals surface area contributed by atoms with Gasteiger partial charge in [-0.1, -0.05) is 226 Å². The summed E-state index contributed by atoms with van der Waals surface area (Å²) in [5.41, 5.74) is 0. The Morgan fingerprint density at radius 1 is 0.430 bits per heavy atom. The number of rotatable bonds is 51. The lowest BCUT2D eigenvalue weighted by molar-refractivity contribution is -0.301. The minimum Gasteiger partial charge on any atom is -0.479 e. The smallest absolute Gasteiger partial charge is 0.335 e. The maximum atomic E-state index is 13.2. The minimum atomic E-state index is -1.93. The molecule has 79 heavy (non-hydrogen) atoms. The zero-order valence-corrected chi connectivity index (χ0v) is 49.3. The van der Waals surface area contributed by atoms with Crippen molar-refractivity contribution in [3.8, 4) is 0 Å². The Morgan fingerprint density at radius 2 is 0.797 bits per heavy atom. The lowest BCUT2D eigenvalue weighted by Crippen LogP contribution is -2.61. The lowest BCUT2D eigenvalue weighted by atomic mass is 9.98. The molecule has 6 unspecified atom stereocenters. The van der Waals surface area contributed by atoms with E-state index < -0.39 is 67.3 Å². The molecule has 0 aromatic heterocycles. The predicted molar refractivity (Wildman–Crippen MR) is 321 cm³/mol. The molecule has 0 bridgehead atoms. The van der Waals surface area contributed by atoms with Gasteiger partial charge in [-0.05, 0) is 103 Å². The molecule has 0 radical (unpaired) electrons. The number of aliphatic hydroxyl groups excluding tert-OH is 2. The molecule has 0 aromatic rings. The van der Waals surface area contributed by atoms with E-state index in [-0.39, 0.29) is 25.9 Å². The van der Waals surface area contributed by atoms with Gasteiger partial charge in [0, 0.05) is 19.3 Å². The molecule has 0 aromatic carbocycles. The van der Waals surface area contributed by atoms with E-state index in [0.29, 0.717) is 25.7 Å². The number of carboxylic acid groups (broad SMARTS) is 1. The van der Waals surface area contributed by atoms with Crippen LogP contribution in [0.25, 0.3) is 0 Å². The molecular weight excluding hydrogens is 997 g/mol. The Kier molecular flexibility index (Phi) is 49.5. The number of unbranched alkanes of at least 4 members (excludes halogenated alkanes) is 19. The Morgan fingerprint density at radius 3 is 1.24 bits per heavy atom. The van der Waals surface area contributed by atoms with Gasteiger partial charge in [-0.3, -0.25) is 14.4 Å². The maximum Gasteiger partial charge on any atom is 0.335 e. The second-order valence-corrected chi connectivity index (χ2v) is 20.6. The van der Waals surface area contributed by atoms with Crippen LogP contribution in [0.4, 0.5) is 0 Å². The lowest BCUT2D eigenvalue weighted by Gasteiger charge is -2.40. The van der Waals surface area contributed by atoms with Gasteiger partial charge in [0.2, 0.25) is 0 Å². The van der Waals surface area contributed by atoms with Gasteiger partial charge < -0.3 is 39.0 Å². The first-order valence-corrected chi connectivity index (χ1v) is 30.9. The molecule has 1 rings (SSSR count). The first-order chi connectivity index (χ1) is 38.6. The van der Waals surface area contributed by atoms with Crippen LogP contribution in [0.5, 0.6) is 0 Å². The van der Waals surface area contributed by atoms with Crippen molar-refractivity contribution in [2.24, 2.45) is 0 Å². The average molecular weight is 1110 g/mol. The van der Waals surface area contributed by atoms with Crippen molar-refractivity contribution in [3.63, 3.8) is 0 Å². The van der Waals surface area contributed by atoms with E-state index in [1.54, 1.807) is 0 Å². The van der Waals surface area contributed by atoms with Crippen LogP contribution >= 0.6 is 0 Å². The van der Waals surface area contributed by atoms with Crippen molar-refractivity contribution in [2.75, 3.05) is 13.2 Å². The van der Waals surface area contributed by atoms with Gasteiger partial charge in [0.1, 0.15) is 18.8 Å². The van der Waals surface area contributed by atoms with E-state index in [4.69, 9.17) is 23.7 Å². The molecule has 0 saturated carbocycles. The Hall–Kier alpha value is -4.62. The molecular formula is C67H108O12. The summed E-state index contributed by atoms with van der Waals surface area (Å²) in [6.07, 6.45) is 60.5. The number of esters is 3. The second-order valence-electron chi connectivity index (χ2n) is 20.6. The van der Waals surface area contributed by atoms with Crippen LogP contribution in [0.2, 0.25) is 0 Å². The number of ether oxygens (including phenoxy) is 5. The number of aliphatic hydroxyl groups is 2. The zero-order valence-electron chi connectivity index (χ0n) is 49.3. The Bertz CT molecular complexity index is 1790. The van der Waals surface area contributed by atoms with E-state index >= 15 is 0 Å². The minimum absolute atomic E-state index is 0.000790. The molecule has 12 nitrogen and oxygen atoms in total. The van der Waals surface area contributed by atoms with Crippen LogP contribution < -0.4 is 0 Å². The molecule has 1 aliphatic rings. The number of aliphatic carboxylic acids is 1. The summed E-state index contributed by atoms with van der Waals surface area (Å²) in [5.74, 6) is -3.22. The van der Waals surface area contributed by atoms with Gasteiger partial charge in [-0.2, -0.15) is 0 Å². The molecule has 1 heterocycles. The summed E-state index contributed by atoms with van der Waals surface area (Å²) >= 11 is 0. The summed E-state index contributed by atoms with van der Waals surface area (Å²) in [7, 11) is 0. The normalized spacial score (nSPS) is 18.6. The SMILES string of the molecule is CC/C=C\C/C=C\C/C=C\C/C=C\C/C=C\CCCCCC(=O)OCC(COC1OC(C(=O)O)C(O)C(O)C1OC(=O)CCCC/C=C\C/C=C\C/C=C\C/C=C\CC)OC(=O)CCCCCCCCCCCCCCCCC. The van der Waals surface area contributed by atoms with E-state index in [2.05, 4.69) is 130 Å². The summed E-state index contributed by atoms with van der Waals surface area (Å²) in [6, 6.07) is 0. The largest absolute Gasteiger partial charge is 0.479 e. The first-order valence-electron chi connectivity index (χ1n) is 30.9. The highest BCUT2D eigenvalue weighted by Crippen LogP contribution is 2.26. The maximum absolute atomic E-state index is 13.2. The highest BCUT2D eigenvalue weighted by Gasteiger charge is 2.50. The van der Waals surface area contributed by atoms with Gasteiger partial charge in [-0.15, -0.1) is 0 Å². The topological polar surface area (TPSA) is 175 Å². The van der Waals surface area contributed by atoms with Gasteiger partial charge >= 0.3 is 23.9 Å². The van der Waals surface area contributed by atoms with Crippen LogP contribution in [-0.2, 0) is 42.9 Å². The quantitative estimate of drug-likeness (QED) is 0.0228. The van der Waals surface area contributed by atoms with E-state index in [1.165, 1.54) is 70.6 Å². The molecule has 6 atom stereocenters. The fourth-order valence-electron chi connectivity index (χ4n) is 8.68. The molecule has 0 amide bonds.